The standard InChI is InChI=1S/C16H18N2O2/c17-15(12-20-11-13-7-3-1-4-8-13)16(19)18-14-9-5-2-6-10-14/h1-10,15H,11-12,17H2,(H,18,19)/t15-/m1/s1. The Labute approximate surface area is 118 Å². The van der Waals surface area contributed by atoms with Crippen molar-refractivity contribution in [1.82, 2.24) is 0 Å². The molecule has 0 aliphatic heterocycles. The van der Waals surface area contributed by atoms with Gasteiger partial charge in [-0.15, -0.1) is 0 Å². The van der Waals surface area contributed by atoms with Gasteiger partial charge < -0.3 is 15.8 Å². The van der Waals surface area contributed by atoms with Crippen LogP contribution in [-0.2, 0) is 16.1 Å². The molecule has 0 aliphatic carbocycles. The maximum atomic E-state index is 11.8. The van der Waals surface area contributed by atoms with Crippen molar-refractivity contribution in [1.29, 1.82) is 0 Å². The zero-order valence-electron chi connectivity index (χ0n) is 11.2. The molecular formula is C16H18N2O2. The average molecular weight is 270 g/mol. The molecule has 20 heavy (non-hydrogen) atoms. The van der Waals surface area contributed by atoms with Crippen LogP contribution in [0.5, 0.6) is 0 Å². The fraction of sp³-hybridized carbons (Fsp3) is 0.188. The van der Waals surface area contributed by atoms with Gasteiger partial charge in [0.25, 0.3) is 0 Å². The molecule has 0 spiro atoms. The van der Waals surface area contributed by atoms with Gasteiger partial charge in [0, 0.05) is 5.69 Å². The van der Waals surface area contributed by atoms with Crippen molar-refractivity contribution in [2.24, 2.45) is 5.73 Å². The number of hydrogen-bond acceptors (Lipinski definition) is 3. The Kier molecular flexibility index (Phi) is 5.29. The molecule has 0 aliphatic rings. The first-order valence-corrected chi connectivity index (χ1v) is 6.49. The van der Waals surface area contributed by atoms with E-state index in [0.29, 0.717) is 6.61 Å². The number of rotatable bonds is 6. The molecule has 0 radical (unpaired) electrons. The van der Waals surface area contributed by atoms with E-state index in [2.05, 4.69) is 5.32 Å². The molecule has 1 amide bonds. The first-order valence-electron chi connectivity index (χ1n) is 6.49. The third kappa shape index (κ3) is 4.50. The molecule has 0 aromatic heterocycles. The van der Waals surface area contributed by atoms with Gasteiger partial charge in [0.15, 0.2) is 0 Å². The lowest BCUT2D eigenvalue weighted by Crippen LogP contribution is -2.39. The predicted octanol–water partition coefficient (Wildman–Crippen LogP) is 2.17. The number of ether oxygens (including phenoxy) is 1. The largest absolute Gasteiger partial charge is 0.375 e. The molecule has 2 aromatic rings. The van der Waals surface area contributed by atoms with Gasteiger partial charge in [-0.1, -0.05) is 48.5 Å². The number of anilines is 1. The molecule has 0 saturated heterocycles. The molecule has 0 bridgehead atoms. The zero-order valence-corrected chi connectivity index (χ0v) is 11.2. The molecule has 0 unspecified atom stereocenters. The summed E-state index contributed by atoms with van der Waals surface area (Å²) in [5.74, 6) is -0.246. The average Bonchev–Trinajstić information content (AvgIpc) is 2.49. The Morgan fingerprint density at radius 3 is 2.30 bits per heavy atom. The van der Waals surface area contributed by atoms with Crippen LogP contribution in [0.3, 0.4) is 0 Å². The summed E-state index contributed by atoms with van der Waals surface area (Å²) in [6, 6.07) is 18.3. The SMILES string of the molecule is N[C@H](COCc1ccccc1)C(=O)Nc1ccccc1. The van der Waals surface area contributed by atoms with Gasteiger partial charge in [0.2, 0.25) is 5.91 Å². The summed E-state index contributed by atoms with van der Waals surface area (Å²) in [6.07, 6.45) is 0. The molecule has 2 aromatic carbocycles. The van der Waals surface area contributed by atoms with E-state index in [4.69, 9.17) is 10.5 Å². The highest BCUT2D eigenvalue weighted by atomic mass is 16.5. The van der Waals surface area contributed by atoms with E-state index < -0.39 is 6.04 Å². The van der Waals surface area contributed by atoms with Crippen molar-refractivity contribution in [3.8, 4) is 0 Å². The summed E-state index contributed by atoms with van der Waals surface area (Å²) in [4.78, 5) is 11.8. The van der Waals surface area contributed by atoms with Crippen LogP contribution in [-0.4, -0.2) is 18.6 Å². The molecule has 0 saturated carbocycles. The van der Waals surface area contributed by atoms with E-state index in [0.717, 1.165) is 11.3 Å². The van der Waals surface area contributed by atoms with Crippen LogP contribution in [0, 0.1) is 0 Å². The molecule has 4 heteroatoms. The smallest absolute Gasteiger partial charge is 0.243 e. The van der Waals surface area contributed by atoms with Gasteiger partial charge in [-0.3, -0.25) is 4.79 Å². The number of hydrogen-bond donors (Lipinski definition) is 2. The quantitative estimate of drug-likeness (QED) is 0.845. The second-order valence-corrected chi connectivity index (χ2v) is 4.46. The van der Waals surface area contributed by atoms with E-state index in [1.54, 1.807) is 0 Å². The van der Waals surface area contributed by atoms with E-state index in [1.165, 1.54) is 0 Å². The van der Waals surface area contributed by atoms with Crippen LogP contribution in [0.4, 0.5) is 5.69 Å². The van der Waals surface area contributed by atoms with Crippen molar-refractivity contribution in [3.63, 3.8) is 0 Å². The molecule has 4 nitrogen and oxygen atoms in total. The molecule has 0 heterocycles. The lowest BCUT2D eigenvalue weighted by Gasteiger charge is -2.12. The second kappa shape index (κ2) is 7.43. The summed E-state index contributed by atoms with van der Waals surface area (Å²) in [7, 11) is 0. The first-order chi connectivity index (χ1) is 9.75. The topological polar surface area (TPSA) is 64.3 Å². The third-order valence-electron chi connectivity index (χ3n) is 2.79. The Balaban J connectivity index is 1.74. The number of carbonyl (C=O) groups excluding carboxylic acids is 1. The van der Waals surface area contributed by atoms with Crippen molar-refractivity contribution in [2.75, 3.05) is 11.9 Å². The first kappa shape index (κ1) is 14.2. The maximum absolute atomic E-state index is 11.8. The van der Waals surface area contributed by atoms with Crippen LogP contribution in [0.25, 0.3) is 0 Å². The minimum absolute atomic E-state index is 0.188. The lowest BCUT2D eigenvalue weighted by molar-refractivity contribution is -0.118. The highest BCUT2D eigenvalue weighted by Gasteiger charge is 2.13. The van der Waals surface area contributed by atoms with Crippen LogP contribution in [0.2, 0.25) is 0 Å². The highest BCUT2D eigenvalue weighted by Crippen LogP contribution is 2.05. The van der Waals surface area contributed by atoms with E-state index in [-0.39, 0.29) is 12.5 Å². The highest BCUT2D eigenvalue weighted by molar-refractivity contribution is 5.94. The fourth-order valence-corrected chi connectivity index (χ4v) is 1.71. The van der Waals surface area contributed by atoms with Gasteiger partial charge >= 0.3 is 0 Å². The number of nitrogens with two attached hydrogens (primary N) is 1. The van der Waals surface area contributed by atoms with Crippen LogP contribution < -0.4 is 11.1 Å². The van der Waals surface area contributed by atoms with Crippen LogP contribution >= 0.6 is 0 Å². The summed E-state index contributed by atoms with van der Waals surface area (Å²) in [5.41, 5.74) is 7.58. The number of carbonyl (C=O) groups is 1. The summed E-state index contributed by atoms with van der Waals surface area (Å²) >= 11 is 0. The predicted molar refractivity (Wildman–Crippen MR) is 79.1 cm³/mol. The molecule has 1 atom stereocenters. The lowest BCUT2D eigenvalue weighted by atomic mass is 10.2. The van der Waals surface area contributed by atoms with Gasteiger partial charge in [-0.2, -0.15) is 0 Å². The van der Waals surface area contributed by atoms with E-state index in [9.17, 15) is 4.79 Å². The number of para-hydroxylation sites is 1. The van der Waals surface area contributed by atoms with Gasteiger partial charge in [0.05, 0.1) is 13.2 Å². The van der Waals surface area contributed by atoms with E-state index in [1.807, 2.05) is 60.7 Å². The molecule has 104 valence electrons. The number of benzene rings is 2. The number of amides is 1. The van der Waals surface area contributed by atoms with Crippen LogP contribution in [0.1, 0.15) is 5.56 Å². The Bertz CT molecular complexity index is 529. The van der Waals surface area contributed by atoms with Crippen molar-refractivity contribution in [2.45, 2.75) is 12.6 Å². The van der Waals surface area contributed by atoms with Gasteiger partial charge in [0.1, 0.15) is 6.04 Å². The van der Waals surface area contributed by atoms with E-state index >= 15 is 0 Å². The minimum atomic E-state index is -0.682. The normalized spacial score (nSPS) is 11.8. The zero-order chi connectivity index (χ0) is 14.2. The van der Waals surface area contributed by atoms with Crippen molar-refractivity contribution < 1.29 is 9.53 Å². The second-order valence-electron chi connectivity index (χ2n) is 4.46. The van der Waals surface area contributed by atoms with Crippen molar-refractivity contribution in [3.05, 3.63) is 66.2 Å². The van der Waals surface area contributed by atoms with Gasteiger partial charge in [-0.05, 0) is 17.7 Å². The Morgan fingerprint density at radius 1 is 1.05 bits per heavy atom. The summed E-state index contributed by atoms with van der Waals surface area (Å²) in [6.45, 7) is 0.640. The molecule has 2 rings (SSSR count). The molecular weight excluding hydrogens is 252 g/mol. The van der Waals surface area contributed by atoms with Crippen molar-refractivity contribution >= 4 is 11.6 Å². The van der Waals surface area contributed by atoms with Crippen LogP contribution in [0.15, 0.2) is 60.7 Å². The van der Waals surface area contributed by atoms with Gasteiger partial charge in [-0.25, -0.2) is 0 Å². The monoisotopic (exact) mass is 270 g/mol. The maximum Gasteiger partial charge on any atom is 0.243 e. The summed E-state index contributed by atoms with van der Waals surface area (Å²) < 4.78 is 5.45. The Hall–Kier alpha value is -2.17. The molecule has 3 N–H and O–H groups in total. The number of nitrogens with one attached hydrogen (secondary N) is 1. The Morgan fingerprint density at radius 2 is 1.65 bits per heavy atom. The minimum Gasteiger partial charge on any atom is -0.375 e. The summed E-state index contributed by atoms with van der Waals surface area (Å²) in [5, 5.41) is 2.75. The third-order valence-corrected chi connectivity index (χ3v) is 2.79. The molecule has 0 fully saturated rings. The fourth-order valence-electron chi connectivity index (χ4n) is 1.71.